The van der Waals surface area contributed by atoms with Crippen molar-refractivity contribution in [1.82, 2.24) is 15.6 Å². The Labute approximate surface area is 194 Å². The SMILES string of the molecule is O=C(/C=C/c1ccccc1)NC(NC(=S)Nc1cnc2ccccc2c1)C(Cl)(Cl)Cl. The molecule has 0 aliphatic heterocycles. The summed E-state index contributed by atoms with van der Waals surface area (Å²) in [5.41, 5.74) is 2.38. The van der Waals surface area contributed by atoms with E-state index in [-0.39, 0.29) is 5.11 Å². The monoisotopic (exact) mass is 478 g/mol. The molecule has 3 aromatic rings. The van der Waals surface area contributed by atoms with Crippen molar-refractivity contribution in [1.29, 1.82) is 0 Å². The van der Waals surface area contributed by atoms with Gasteiger partial charge in [-0.05, 0) is 36.0 Å². The molecule has 0 aliphatic carbocycles. The highest BCUT2D eigenvalue weighted by molar-refractivity contribution is 7.80. The lowest BCUT2D eigenvalue weighted by Gasteiger charge is -2.27. The maximum absolute atomic E-state index is 12.3. The number of nitrogens with one attached hydrogen (secondary N) is 3. The van der Waals surface area contributed by atoms with E-state index >= 15 is 0 Å². The van der Waals surface area contributed by atoms with E-state index in [0.29, 0.717) is 5.69 Å². The van der Waals surface area contributed by atoms with Crippen LogP contribution in [-0.4, -0.2) is 26.0 Å². The van der Waals surface area contributed by atoms with Gasteiger partial charge in [0.15, 0.2) is 5.11 Å². The summed E-state index contributed by atoms with van der Waals surface area (Å²) in [6.45, 7) is 0. The van der Waals surface area contributed by atoms with Crippen LogP contribution in [0.15, 0.2) is 72.9 Å². The number of amides is 1. The number of para-hydroxylation sites is 1. The first-order chi connectivity index (χ1) is 14.3. The molecule has 1 atom stereocenters. The van der Waals surface area contributed by atoms with Gasteiger partial charge in [0.25, 0.3) is 0 Å². The van der Waals surface area contributed by atoms with Crippen LogP contribution < -0.4 is 16.0 Å². The fraction of sp³-hybridized carbons (Fsp3) is 0.0952. The second-order valence-electron chi connectivity index (χ2n) is 6.24. The Balaban J connectivity index is 1.64. The summed E-state index contributed by atoms with van der Waals surface area (Å²) in [5.74, 6) is -0.446. The number of halogens is 3. The zero-order valence-electron chi connectivity index (χ0n) is 15.5. The van der Waals surface area contributed by atoms with Gasteiger partial charge in [0.05, 0.1) is 17.4 Å². The van der Waals surface area contributed by atoms with Crippen LogP contribution in [0.5, 0.6) is 0 Å². The molecule has 3 rings (SSSR count). The number of anilines is 1. The van der Waals surface area contributed by atoms with Crippen molar-refractivity contribution in [2.75, 3.05) is 5.32 Å². The van der Waals surface area contributed by atoms with Crippen molar-refractivity contribution in [3.63, 3.8) is 0 Å². The fourth-order valence-electron chi connectivity index (χ4n) is 2.56. The summed E-state index contributed by atoms with van der Waals surface area (Å²) in [5, 5.41) is 9.50. The lowest BCUT2D eigenvalue weighted by molar-refractivity contribution is -0.117. The number of thiocarbonyl (C=S) groups is 1. The Morgan fingerprint density at radius 1 is 1.03 bits per heavy atom. The lowest BCUT2D eigenvalue weighted by atomic mass is 10.2. The van der Waals surface area contributed by atoms with Crippen LogP contribution in [0, 0.1) is 0 Å². The molecule has 0 saturated heterocycles. The highest BCUT2D eigenvalue weighted by Gasteiger charge is 2.34. The molecule has 1 heterocycles. The average Bonchev–Trinajstić information content (AvgIpc) is 2.72. The Bertz CT molecular complexity index is 1070. The number of rotatable bonds is 5. The normalized spacial score (nSPS) is 12.5. The van der Waals surface area contributed by atoms with Crippen LogP contribution >= 0.6 is 47.0 Å². The molecule has 1 amide bonds. The zero-order valence-corrected chi connectivity index (χ0v) is 18.6. The average molecular weight is 480 g/mol. The molecule has 1 unspecified atom stereocenters. The maximum Gasteiger partial charge on any atom is 0.245 e. The van der Waals surface area contributed by atoms with E-state index in [1.165, 1.54) is 6.08 Å². The summed E-state index contributed by atoms with van der Waals surface area (Å²) in [4.78, 5) is 16.6. The van der Waals surface area contributed by atoms with Crippen LogP contribution in [0.4, 0.5) is 5.69 Å². The minimum absolute atomic E-state index is 0.163. The highest BCUT2D eigenvalue weighted by atomic mass is 35.6. The molecule has 0 fully saturated rings. The number of carbonyl (C=O) groups is 1. The lowest BCUT2D eigenvalue weighted by Crippen LogP contribution is -2.55. The standard InChI is InChI=1S/C21H17Cl3N4OS/c22-21(23,24)19(27-18(29)11-10-14-6-2-1-3-7-14)28-20(30)26-16-12-15-8-4-5-9-17(15)25-13-16/h1-13,19H,(H,27,29)(H2,26,28,30)/b11-10+. The largest absolute Gasteiger partial charge is 0.339 e. The predicted octanol–water partition coefficient (Wildman–Crippen LogP) is 5.05. The third-order valence-corrected chi connectivity index (χ3v) is 4.84. The second-order valence-corrected chi connectivity index (χ2v) is 9.02. The minimum Gasteiger partial charge on any atom is -0.339 e. The minimum atomic E-state index is -1.84. The van der Waals surface area contributed by atoms with E-state index in [1.807, 2.05) is 60.7 Å². The first kappa shape index (κ1) is 22.3. The van der Waals surface area contributed by atoms with Crippen LogP contribution in [0.25, 0.3) is 17.0 Å². The Kier molecular flexibility index (Phi) is 7.50. The third kappa shape index (κ3) is 6.57. The molecule has 5 nitrogen and oxygen atoms in total. The number of aromatic nitrogens is 1. The van der Waals surface area contributed by atoms with Crippen LogP contribution in [0.1, 0.15) is 5.56 Å². The number of benzene rings is 2. The molecule has 154 valence electrons. The molecule has 0 radical (unpaired) electrons. The van der Waals surface area contributed by atoms with E-state index in [4.69, 9.17) is 47.0 Å². The van der Waals surface area contributed by atoms with Crippen molar-refractivity contribution >= 4 is 80.7 Å². The number of hydrogen-bond acceptors (Lipinski definition) is 3. The number of alkyl halides is 3. The molecule has 2 aromatic carbocycles. The van der Waals surface area contributed by atoms with Crippen molar-refractivity contribution in [3.05, 3.63) is 78.5 Å². The molecule has 0 saturated carbocycles. The zero-order chi connectivity index (χ0) is 21.6. The van der Waals surface area contributed by atoms with Gasteiger partial charge < -0.3 is 16.0 Å². The van der Waals surface area contributed by atoms with Gasteiger partial charge in [0, 0.05) is 11.5 Å². The summed E-state index contributed by atoms with van der Waals surface area (Å²) in [7, 11) is 0. The van der Waals surface area contributed by atoms with Crippen LogP contribution in [0.3, 0.4) is 0 Å². The van der Waals surface area contributed by atoms with E-state index < -0.39 is 15.9 Å². The van der Waals surface area contributed by atoms with Crippen LogP contribution in [0.2, 0.25) is 0 Å². The van der Waals surface area contributed by atoms with Crippen molar-refractivity contribution < 1.29 is 4.79 Å². The second kappa shape index (κ2) is 10.1. The number of pyridine rings is 1. The van der Waals surface area contributed by atoms with Crippen molar-refractivity contribution in [3.8, 4) is 0 Å². The Morgan fingerprint density at radius 3 is 2.47 bits per heavy atom. The number of nitrogens with zero attached hydrogens (tertiary/aromatic N) is 1. The maximum atomic E-state index is 12.3. The number of carbonyl (C=O) groups excluding carboxylic acids is 1. The molecule has 0 bridgehead atoms. The van der Waals surface area contributed by atoms with Gasteiger partial charge >= 0.3 is 0 Å². The summed E-state index contributed by atoms with van der Waals surface area (Å²) < 4.78 is -1.84. The molecular formula is C21H17Cl3N4OS. The molecule has 3 N–H and O–H groups in total. The quantitative estimate of drug-likeness (QED) is 0.207. The van der Waals surface area contributed by atoms with Crippen LogP contribution in [-0.2, 0) is 4.79 Å². The fourth-order valence-corrected chi connectivity index (χ4v) is 3.13. The summed E-state index contributed by atoms with van der Waals surface area (Å²) in [6, 6.07) is 18.9. The van der Waals surface area contributed by atoms with E-state index in [1.54, 1.807) is 12.3 Å². The highest BCUT2D eigenvalue weighted by Crippen LogP contribution is 2.29. The Hall–Kier alpha value is -2.38. The molecular weight excluding hydrogens is 463 g/mol. The Morgan fingerprint density at radius 2 is 1.73 bits per heavy atom. The third-order valence-electron chi connectivity index (χ3n) is 3.96. The first-order valence-electron chi connectivity index (χ1n) is 8.84. The van der Waals surface area contributed by atoms with E-state index in [9.17, 15) is 4.79 Å². The van der Waals surface area contributed by atoms with E-state index in [0.717, 1.165) is 16.5 Å². The molecule has 0 aliphatic rings. The predicted molar refractivity (Wildman–Crippen MR) is 129 cm³/mol. The van der Waals surface area contributed by atoms with Gasteiger partial charge in [0.2, 0.25) is 9.70 Å². The van der Waals surface area contributed by atoms with Gasteiger partial charge in [-0.1, -0.05) is 83.3 Å². The van der Waals surface area contributed by atoms with Gasteiger partial charge in [-0.3, -0.25) is 9.78 Å². The topological polar surface area (TPSA) is 66.1 Å². The first-order valence-corrected chi connectivity index (χ1v) is 10.4. The van der Waals surface area contributed by atoms with Gasteiger partial charge in [-0.2, -0.15) is 0 Å². The summed E-state index contributed by atoms with van der Waals surface area (Å²) in [6.07, 6.45) is 3.58. The number of hydrogen-bond donors (Lipinski definition) is 3. The smallest absolute Gasteiger partial charge is 0.245 e. The van der Waals surface area contributed by atoms with Gasteiger partial charge in [-0.25, -0.2) is 0 Å². The number of fused-ring (bicyclic) bond motifs is 1. The summed E-state index contributed by atoms with van der Waals surface area (Å²) >= 11 is 23.3. The van der Waals surface area contributed by atoms with E-state index in [2.05, 4.69) is 20.9 Å². The molecule has 30 heavy (non-hydrogen) atoms. The van der Waals surface area contributed by atoms with Crippen molar-refractivity contribution in [2.45, 2.75) is 9.96 Å². The molecule has 1 aromatic heterocycles. The van der Waals surface area contributed by atoms with Crippen molar-refractivity contribution in [2.24, 2.45) is 0 Å². The molecule has 9 heteroatoms. The van der Waals surface area contributed by atoms with Gasteiger partial charge in [-0.15, -0.1) is 0 Å². The van der Waals surface area contributed by atoms with Gasteiger partial charge in [0.1, 0.15) is 6.17 Å². The molecule has 0 spiro atoms.